The summed E-state index contributed by atoms with van der Waals surface area (Å²) in [5.41, 5.74) is 2.10. The van der Waals surface area contributed by atoms with Gasteiger partial charge >= 0.3 is 0 Å². The van der Waals surface area contributed by atoms with Crippen LogP contribution in [0.2, 0.25) is 0 Å². The monoisotopic (exact) mass is 182 g/mol. The highest BCUT2D eigenvalue weighted by atomic mass is 16.2. The summed E-state index contributed by atoms with van der Waals surface area (Å²) in [6.07, 6.45) is 3.93. The lowest BCUT2D eigenvalue weighted by Crippen LogP contribution is -2.31. The van der Waals surface area contributed by atoms with Crippen molar-refractivity contribution >= 4 is 5.91 Å². The molecular formula is C8H14N4O. The summed E-state index contributed by atoms with van der Waals surface area (Å²) < 4.78 is 1.94. The van der Waals surface area contributed by atoms with E-state index in [1.54, 1.807) is 6.20 Å². The predicted octanol–water partition coefficient (Wildman–Crippen LogP) is 0.133. The van der Waals surface area contributed by atoms with E-state index in [0.29, 0.717) is 6.42 Å². The Morgan fingerprint density at radius 3 is 3.00 bits per heavy atom. The van der Waals surface area contributed by atoms with E-state index in [1.165, 1.54) is 0 Å². The minimum absolute atomic E-state index is 0.0889. The fourth-order valence-corrected chi connectivity index (χ4v) is 1.28. The van der Waals surface area contributed by atoms with Gasteiger partial charge in [-0.3, -0.25) is 10.2 Å². The Morgan fingerprint density at radius 2 is 2.54 bits per heavy atom. The minimum Gasteiger partial charge on any atom is -0.332 e. The van der Waals surface area contributed by atoms with Crippen molar-refractivity contribution in [3.05, 3.63) is 18.2 Å². The number of carbonyl (C=O) groups is 1. The standard InChI is InChI=1S/C8H14N4O/c1-6(5-8(13)11-9)12-4-3-10-7(12)2/h3-4,6H,5,9H2,1-2H3,(H,11,13). The van der Waals surface area contributed by atoms with Crippen LogP contribution in [0.3, 0.4) is 0 Å². The van der Waals surface area contributed by atoms with Crippen molar-refractivity contribution in [3.63, 3.8) is 0 Å². The van der Waals surface area contributed by atoms with E-state index in [4.69, 9.17) is 5.84 Å². The van der Waals surface area contributed by atoms with Gasteiger partial charge in [-0.2, -0.15) is 0 Å². The Bertz CT molecular complexity index is 294. The first kappa shape index (κ1) is 9.73. The van der Waals surface area contributed by atoms with Crippen LogP contribution in [-0.2, 0) is 4.79 Å². The molecule has 0 saturated heterocycles. The van der Waals surface area contributed by atoms with Gasteiger partial charge in [-0.05, 0) is 13.8 Å². The third-order valence-electron chi connectivity index (χ3n) is 1.98. The van der Waals surface area contributed by atoms with Crippen LogP contribution in [0.1, 0.15) is 25.2 Å². The van der Waals surface area contributed by atoms with Crippen LogP contribution in [0.15, 0.2) is 12.4 Å². The number of nitrogens with one attached hydrogen (secondary N) is 1. The van der Waals surface area contributed by atoms with Crippen molar-refractivity contribution in [2.24, 2.45) is 5.84 Å². The SMILES string of the molecule is Cc1nccn1C(C)CC(=O)NN. The van der Waals surface area contributed by atoms with E-state index in [-0.39, 0.29) is 11.9 Å². The first-order valence-corrected chi connectivity index (χ1v) is 4.14. The highest BCUT2D eigenvalue weighted by Gasteiger charge is 2.10. The van der Waals surface area contributed by atoms with Crippen LogP contribution in [0, 0.1) is 6.92 Å². The van der Waals surface area contributed by atoms with Gasteiger partial charge in [0.1, 0.15) is 5.82 Å². The Balaban J connectivity index is 2.63. The molecule has 0 aliphatic rings. The molecule has 0 aliphatic carbocycles. The molecule has 13 heavy (non-hydrogen) atoms. The van der Waals surface area contributed by atoms with Gasteiger partial charge < -0.3 is 4.57 Å². The van der Waals surface area contributed by atoms with Gasteiger partial charge in [-0.15, -0.1) is 0 Å². The van der Waals surface area contributed by atoms with Crippen molar-refractivity contribution in [1.29, 1.82) is 0 Å². The summed E-state index contributed by atoms with van der Waals surface area (Å²) in [6, 6.07) is 0.0889. The average molecular weight is 182 g/mol. The predicted molar refractivity (Wildman–Crippen MR) is 48.6 cm³/mol. The van der Waals surface area contributed by atoms with Crippen molar-refractivity contribution in [2.45, 2.75) is 26.3 Å². The van der Waals surface area contributed by atoms with E-state index >= 15 is 0 Å². The number of imidazole rings is 1. The zero-order valence-corrected chi connectivity index (χ0v) is 7.82. The first-order chi connectivity index (χ1) is 6.15. The third-order valence-corrected chi connectivity index (χ3v) is 1.98. The van der Waals surface area contributed by atoms with Crippen molar-refractivity contribution < 1.29 is 4.79 Å². The molecule has 3 N–H and O–H groups in total. The minimum atomic E-state index is -0.166. The van der Waals surface area contributed by atoms with E-state index in [1.807, 2.05) is 24.6 Å². The maximum Gasteiger partial charge on any atom is 0.235 e. The lowest BCUT2D eigenvalue weighted by Gasteiger charge is -2.13. The summed E-state index contributed by atoms with van der Waals surface area (Å²) in [5.74, 6) is 5.72. The smallest absolute Gasteiger partial charge is 0.235 e. The van der Waals surface area contributed by atoms with Gasteiger partial charge in [-0.25, -0.2) is 10.8 Å². The highest BCUT2D eigenvalue weighted by Crippen LogP contribution is 2.11. The maximum absolute atomic E-state index is 11.0. The quantitative estimate of drug-likeness (QED) is 0.396. The molecule has 0 saturated carbocycles. The van der Waals surface area contributed by atoms with Crippen LogP contribution in [0.5, 0.6) is 0 Å². The number of aromatic nitrogens is 2. The van der Waals surface area contributed by atoms with Crippen LogP contribution < -0.4 is 11.3 Å². The fourth-order valence-electron chi connectivity index (χ4n) is 1.28. The zero-order chi connectivity index (χ0) is 9.84. The van der Waals surface area contributed by atoms with E-state index < -0.39 is 0 Å². The molecule has 1 heterocycles. The Morgan fingerprint density at radius 1 is 1.85 bits per heavy atom. The molecule has 0 aromatic carbocycles. The molecule has 72 valence electrons. The van der Waals surface area contributed by atoms with E-state index in [9.17, 15) is 4.79 Å². The Kier molecular flexibility index (Phi) is 3.02. The zero-order valence-electron chi connectivity index (χ0n) is 7.82. The summed E-state index contributed by atoms with van der Waals surface area (Å²) >= 11 is 0. The summed E-state index contributed by atoms with van der Waals surface area (Å²) in [6.45, 7) is 3.85. The van der Waals surface area contributed by atoms with Gasteiger partial charge in [0.25, 0.3) is 0 Å². The summed E-state index contributed by atoms with van der Waals surface area (Å²) in [7, 11) is 0. The number of carbonyl (C=O) groups excluding carboxylic acids is 1. The number of hydrogen-bond acceptors (Lipinski definition) is 3. The van der Waals surface area contributed by atoms with Crippen LogP contribution >= 0.6 is 0 Å². The fraction of sp³-hybridized carbons (Fsp3) is 0.500. The molecule has 1 atom stereocenters. The topological polar surface area (TPSA) is 72.9 Å². The van der Waals surface area contributed by atoms with Gasteiger partial charge in [0.15, 0.2) is 0 Å². The molecule has 1 amide bonds. The van der Waals surface area contributed by atoms with Crippen LogP contribution in [0.4, 0.5) is 0 Å². The van der Waals surface area contributed by atoms with Crippen molar-refractivity contribution in [3.8, 4) is 0 Å². The van der Waals surface area contributed by atoms with Gasteiger partial charge in [-0.1, -0.05) is 0 Å². The van der Waals surface area contributed by atoms with Gasteiger partial charge in [0.05, 0.1) is 0 Å². The number of nitrogens with two attached hydrogens (primary N) is 1. The number of hydrogen-bond donors (Lipinski definition) is 2. The number of amides is 1. The molecule has 1 aromatic rings. The highest BCUT2D eigenvalue weighted by molar-refractivity contribution is 5.75. The molecule has 0 fully saturated rings. The lowest BCUT2D eigenvalue weighted by atomic mass is 10.2. The van der Waals surface area contributed by atoms with Crippen molar-refractivity contribution in [1.82, 2.24) is 15.0 Å². The second kappa shape index (κ2) is 4.04. The molecule has 5 nitrogen and oxygen atoms in total. The molecule has 5 heteroatoms. The number of hydrazine groups is 1. The van der Waals surface area contributed by atoms with E-state index in [2.05, 4.69) is 10.4 Å². The second-order valence-electron chi connectivity index (χ2n) is 3.00. The second-order valence-corrected chi connectivity index (χ2v) is 3.00. The number of nitrogens with zero attached hydrogens (tertiary/aromatic N) is 2. The lowest BCUT2D eigenvalue weighted by molar-refractivity contribution is -0.121. The Hall–Kier alpha value is -1.36. The largest absolute Gasteiger partial charge is 0.332 e. The molecule has 1 rings (SSSR count). The van der Waals surface area contributed by atoms with Crippen LogP contribution in [-0.4, -0.2) is 15.5 Å². The molecule has 0 aliphatic heterocycles. The number of aryl methyl sites for hydroxylation is 1. The van der Waals surface area contributed by atoms with Gasteiger partial charge in [0.2, 0.25) is 5.91 Å². The average Bonchev–Trinajstić information content (AvgIpc) is 2.51. The van der Waals surface area contributed by atoms with Crippen molar-refractivity contribution in [2.75, 3.05) is 0 Å². The molecule has 0 spiro atoms. The summed E-state index contributed by atoms with van der Waals surface area (Å²) in [4.78, 5) is 15.0. The van der Waals surface area contributed by atoms with Crippen LogP contribution in [0.25, 0.3) is 0 Å². The molecular weight excluding hydrogens is 168 g/mol. The molecule has 1 aromatic heterocycles. The summed E-state index contributed by atoms with van der Waals surface area (Å²) in [5, 5.41) is 0. The number of rotatable bonds is 3. The molecule has 0 radical (unpaired) electrons. The molecule has 1 unspecified atom stereocenters. The third kappa shape index (κ3) is 2.29. The first-order valence-electron chi connectivity index (χ1n) is 4.14. The van der Waals surface area contributed by atoms with E-state index in [0.717, 1.165) is 5.82 Å². The molecule has 0 bridgehead atoms. The maximum atomic E-state index is 11.0. The van der Waals surface area contributed by atoms with Gasteiger partial charge in [0, 0.05) is 24.9 Å². The Labute approximate surface area is 76.9 Å². The normalized spacial score (nSPS) is 12.5.